The van der Waals surface area contributed by atoms with Crippen LogP contribution in [0.25, 0.3) is 0 Å². The van der Waals surface area contributed by atoms with Crippen LogP contribution in [0.3, 0.4) is 0 Å². The summed E-state index contributed by atoms with van der Waals surface area (Å²) >= 11 is 6.22. The van der Waals surface area contributed by atoms with Crippen LogP contribution in [-0.2, 0) is 0 Å². The van der Waals surface area contributed by atoms with Crippen molar-refractivity contribution in [1.29, 1.82) is 0 Å². The lowest BCUT2D eigenvalue weighted by Gasteiger charge is -2.20. The third-order valence-electron chi connectivity index (χ3n) is 2.58. The molecule has 2 aromatic rings. The molecular weight excluding hydrogens is 234 g/mol. The fourth-order valence-electron chi connectivity index (χ4n) is 1.70. The molecule has 2 rings (SSSR count). The number of nitrogens with two attached hydrogens (primary N) is 1. The van der Waals surface area contributed by atoms with Gasteiger partial charge in [-0.15, -0.1) is 0 Å². The largest absolute Gasteiger partial charge is 0.397 e. The summed E-state index contributed by atoms with van der Waals surface area (Å²) in [6.45, 7) is 1.99. The molecule has 0 fully saturated rings. The molecule has 1 aromatic carbocycles. The summed E-state index contributed by atoms with van der Waals surface area (Å²) in [7, 11) is 1.92. The fraction of sp³-hybridized carbons (Fsp3) is 0.154. The minimum Gasteiger partial charge on any atom is -0.397 e. The topological polar surface area (TPSA) is 42.1 Å². The molecule has 0 atom stereocenters. The van der Waals surface area contributed by atoms with Gasteiger partial charge in [0.1, 0.15) is 5.82 Å². The minimum absolute atomic E-state index is 0.559. The second-order valence-corrected chi connectivity index (χ2v) is 4.31. The van der Waals surface area contributed by atoms with Gasteiger partial charge in [0.05, 0.1) is 16.4 Å². The molecule has 0 unspecified atom stereocenters. The number of aromatic nitrogens is 1. The molecule has 2 N–H and O–H groups in total. The third-order valence-corrected chi connectivity index (χ3v) is 2.99. The highest BCUT2D eigenvalue weighted by atomic mass is 35.5. The summed E-state index contributed by atoms with van der Waals surface area (Å²) < 4.78 is 0. The smallest absolute Gasteiger partial charge is 0.132 e. The first-order chi connectivity index (χ1) is 8.09. The third kappa shape index (κ3) is 2.34. The predicted octanol–water partition coefficient (Wildman–Crippen LogP) is 3.39. The van der Waals surface area contributed by atoms with Gasteiger partial charge in [-0.2, -0.15) is 0 Å². The van der Waals surface area contributed by atoms with Crippen LogP contribution in [0, 0.1) is 6.92 Å². The van der Waals surface area contributed by atoms with Gasteiger partial charge in [0.15, 0.2) is 0 Å². The SMILES string of the molecule is Cc1cc(N)c(Cl)c(N(C)c2ccccn2)c1. The standard InChI is InChI=1S/C13H14ClN3/c1-9-7-10(15)13(14)11(8-9)17(2)12-5-3-4-6-16-12/h3-8H,15H2,1-2H3. The first kappa shape index (κ1) is 11.7. The molecule has 88 valence electrons. The Morgan fingerprint density at radius 1 is 1.29 bits per heavy atom. The molecule has 0 saturated carbocycles. The van der Waals surface area contributed by atoms with E-state index in [9.17, 15) is 0 Å². The van der Waals surface area contributed by atoms with Gasteiger partial charge in [0.2, 0.25) is 0 Å². The van der Waals surface area contributed by atoms with E-state index in [-0.39, 0.29) is 0 Å². The van der Waals surface area contributed by atoms with E-state index < -0.39 is 0 Å². The summed E-state index contributed by atoms with van der Waals surface area (Å²) in [4.78, 5) is 6.20. The Morgan fingerprint density at radius 2 is 2.06 bits per heavy atom. The van der Waals surface area contributed by atoms with Crippen LogP contribution in [-0.4, -0.2) is 12.0 Å². The van der Waals surface area contributed by atoms with Crippen LogP contribution in [0.4, 0.5) is 17.2 Å². The van der Waals surface area contributed by atoms with E-state index in [1.54, 1.807) is 6.20 Å². The lowest BCUT2D eigenvalue weighted by Crippen LogP contribution is -2.12. The highest BCUT2D eigenvalue weighted by Gasteiger charge is 2.11. The first-order valence-corrected chi connectivity index (χ1v) is 5.68. The summed E-state index contributed by atoms with van der Waals surface area (Å²) in [6.07, 6.45) is 1.75. The van der Waals surface area contributed by atoms with Crippen LogP contribution < -0.4 is 10.6 Å². The van der Waals surface area contributed by atoms with Crippen molar-refractivity contribution in [3.63, 3.8) is 0 Å². The zero-order valence-corrected chi connectivity index (χ0v) is 10.6. The quantitative estimate of drug-likeness (QED) is 0.827. The molecule has 0 radical (unpaired) electrons. The van der Waals surface area contributed by atoms with Gasteiger partial charge >= 0.3 is 0 Å². The molecular formula is C13H14ClN3. The number of nitrogen functional groups attached to an aromatic ring is 1. The normalized spacial score (nSPS) is 10.3. The van der Waals surface area contributed by atoms with Crippen LogP contribution in [0.5, 0.6) is 0 Å². The van der Waals surface area contributed by atoms with Crippen LogP contribution in [0.15, 0.2) is 36.5 Å². The monoisotopic (exact) mass is 247 g/mol. The molecule has 1 aromatic heterocycles. The van der Waals surface area contributed by atoms with Crippen molar-refractivity contribution < 1.29 is 0 Å². The van der Waals surface area contributed by atoms with Crippen LogP contribution in [0.1, 0.15) is 5.56 Å². The Hall–Kier alpha value is -1.74. The van der Waals surface area contributed by atoms with Crippen molar-refractivity contribution in [1.82, 2.24) is 4.98 Å². The number of anilines is 3. The second kappa shape index (κ2) is 4.63. The van der Waals surface area contributed by atoms with Gasteiger partial charge in [-0.3, -0.25) is 0 Å². The maximum atomic E-state index is 6.22. The molecule has 17 heavy (non-hydrogen) atoms. The predicted molar refractivity (Wildman–Crippen MR) is 72.9 cm³/mol. The number of aryl methyl sites for hydroxylation is 1. The van der Waals surface area contributed by atoms with Crippen molar-refractivity contribution in [2.24, 2.45) is 0 Å². The Labute approximate surface area is 106 Å². The molecule has 1 heterocycles. The molecule has 4 heteroatoms. The molecule has 0 spiro atoms. The number of rotatable bonds is 2. The van der Waals surface area contributed by atoms with Gasteiger partial charge in [-0.25, -0.2) is 4.98 Å². The lowest BCUT2D eigenvalue weighted by molar-refractivity contribution is 1.12. The van der Waals surface area contributed by atoms with E-state index in [0.29, 0.717) is 10.7 Å². The number of nitrogens with zero attached hydrogens (tertiary/aromatic N) is 2. The molecule has 0 aliphatic heterocycles. The van der Waals surface area contributed by atoms with E-state index in [1.807, 2.05) is 49.2 Å². The van der Waals surface area contributed by atoms with Crippen molar-refractivity contribution >= 4 is 28.8 Å². The molecule has 0 amide bonds. The highest BCUT2D eigenvalue weighted by Crippen LogP contribution is 2.34. The minimum atomic E-state index is 0.559. The Morgan fingerprint density at radius 3 is 2.71 bits per heavy atom. The molecule has 0 aliphatic carbocycles. The fourth-order valence-corrected chi connectivity index (χ4v) is 1.93. The van der Waals surface area contributed by atoms with Crippen LogP contribution >= 0.6 is 11.6 Å². The summed E-state index contributed by atoms with van der Waals surface area (Å²) in [6, 6.07) is 9.59. The molecule has 3 nitrogen and oxygen atoms in total. The van der Waals surface area contributed by atoms with E-state index in [2.05, 4.69) is 4.98 Å². The van der Waals surface area contributed by atoms with Gasteiger partial charge in [-0.05, 0) is 36.8 Å². The van der Waals surface area contributed by atoms with E-state index in [1.165, 1.54) is 0 Å². The maximum absolute atomic E-state index is 6.22. The van der Waals surface area contributed by atoms with Crippen LogP contribution in [0.2, 0.25) is 5.02 Å². The Kier molecular flexibility index (Phi) is 3.20. The maximum Gasteiger partial charge on any atom is 0.132 e. The van der Waals surface area contributed by atoms with Gasteiger partial charge in [0.25, 0.3) is 0 Å². The number of pyridine rings is 1. The lowest BCUT2D eigenvalue weighted by atomic mass is 10.2. The number of hydrogen-bond acceptors (Lipinski definition) is 3. The molecule has 0 bridgehead atoms. The van der Waals surface area contributed by atoms with E-state index in [0.717, 1.165) is 17.1 Å². The number of hydrogen-bond donors (Lipinski definition) is 1. The van der Waals surface area contributed by atoms with Gasteiger partial charge < -0.3 is 10.6 Å². The van der Waals surface area contributed by atoms with Crippen molar-refractivity contribution in [3.8, 4) is 0 Å². The summed E-state index contributed by atoms with van der Waals surface area (Å²) in [5.74, 6) is 0.833. The summed E-state index contributed by atoms with van der Waals surface area (Å²) in [5.41, 5.74) is 8.38. The van der Waals surface area contributed by atoms with Crippen molar-refractivity contribution in [3.05, 3.63) is 47.1 Å². The van der Waals surface area contributed by atoms with Gasteiger partial charge in [-0.1, -0.05) is 17.7 Å². The van der Waals surface area contributed by atoms with E-state index >= 15 is 0 Å². The first-order valence-electron chi connectivity index (χ1n) is 5.30. The number of benzene rings is 1. The Balaban J connectivity index is 2.48. The average Bonchev–Trinajstić information content (AvgIpc) is 2.34. The molecule has 0 aliphatic rings. The second-order valence-electron chi connectivity index (χ2n) is 3.93. The van der Waals surface area contributed by atoms with Gasteiger partial charge in [0, 0.05) is 13.2 Å². The highest BCUT2D eigenvalue weighted by molar-refractivity contribution is 6.36. The zero-order chi connectivity index (χ0) is 12.4. The molecule has 0 saturated heterocycles. The van der Waals surface area contributed by atoms with Crippen molar-refractivity contribution in [2.75, 3.05) is 17.7 Å². The zero-order valence-electron chi connectivity index (χ0n) is 9.81. The van der Waals surface area contributed by atoms with Crippen molar-refractivity contribution in [2.45, 2.75) is 6.92 Å². The number of halogens is 1. The Bertz CT molecular complexity index is 526. The average molecular weight is 248 g/mol. The summed E-state index contributed by atoms with van der Waals surface area (Å²) in [5, 5.41) is 0.559. The van der Waals surface area contributed by atoms with E-state index in [4.69, 9.17) is 17.3 Å².